The zero-order valence-electron chi connectivity index (χ0n) is 27.7. The van der Waals surface area contributed by atoms with Crippen molar-refractivity contribution in [2.45, 2.75) is 51.1 Å². The van der Waals surface area contributed by atoms with Crippen LogP contribution in [-0.2, 0) is 30.5 Å². The lowest BCUT2D eigenvalue weighted by atomic mass is 10.1. The van der Waals surface area contributed by atoms with Crippen molar-refractivity contribution in [3.05, 3.63) is 89.3 Å². The second kappa shape index (κ2) is 13.7. The number of aryl methyl sites for hydroxylation is 1. The van der Waals surface area contributed by atoms with Crippen molar-refractivity contribution in [1.82, 2.24) is 9.13 Å². The Hall–Kier alpha value is -4.15. The molecule has 0 N–H and O–H groups in total. The summed E-state index contributed by atoms with van der Waals surface area (Å²) >= 11 is 0. The summed E-state index contributed by atoms with van der Waals surface area (Å²) < 4.78 is 20.0. The van der Waals surface area contributed by atoms with Crippen LogP contribution in [0.5, 0.6) is 0 Å². The molecule has 0 aliphatic carbocycles. The molecule has 0 amide bonds. The minimum Gasteiger partial charge on any atom is -0.469 e. The molecule has 0 bridgehead atoms. The molecule has 5 rings (SSSR count). The monoisotopic (exact) mass is 643 g/mol. The second-order valence-electron chi connectivity index (χ2n) is 13.1. The van der Waals surface area contributed by atoms with Crippen LogP contribution in [0.4, 0.5) is 5.69 Å². The van der Waals surface area contributed by atoms with Crippen LogP contribution in [0.2, 0.25) is 5.04 Å². The fourth-order valence-corrected chi connectivity index (χ4v) is 11.5. The minimum absolute atomic E-state index is 0.0116. The van der Waals surface area contributed by atoms with E-state index in [2.05, 4.69) is 86.3 Å². The third-order valence-electron chi connectivity index (χ3n) is 9.31. The number of rotatable bonds is 11. The van der Waals surface area contributed by atoms with Gasteiger partial charge in [-0.15, -0.1) is 0 Å². The Morgan fingerprint density at radius 3 is 2.11 bits per heavy atom. The van der Waals surface area contributed by atoms with Gasteiger partial charge in [-0.3, -0.25) is 13.9 Å². The molecule has 46 heavy (non-hydrogen) atoms. The summed E-state index contributed by atoms with van der Waals surface area (Å²) in [5.74, 6) is -0.689. The molecule has 0 spiro atoms. The molecule has 1 aliphatic heterocycles. The van der Waals surface area contributed by atoms with Crippen LogP contribution in [-0.4, -0.2) is 63.3 Å². The molecule has 1 fully saturated rings. The number of carbonyl (C=O) groups is 2. The highest BCUT2D eigenvalue weighted by Gasteiger charge is 2.50. The van der Waals surface area contributed by atoms with Crippen LogP contribution in [0, 0.1) is 5.92 Å². The van der Waals surface area contributed by atoms with E-state index in [1.165, 1.54) is 29.2 Å². The van der Waals surface area contributed by atoms with Gasteiger partial charge in [0, 0.05) is 44.8 Å². The number of carbonyl (C=O) groups excluding carboxylic acids is 2. The van der Waals surface area contributed by atoms with Gasteiger partial charge in [-0.25, -0.2) is 9.59 Å². The van der Waals surface area contributed by atoms with E-state index < -0.39 is 26.3 Å². The maximum Gasteiger partial charge on any atom is 0.329 e. The summed E-state index contributed by atoms with van der Waals surface area (Å²) in [6.07, 6.45) is 1.08. The zero-order chi connectivity index (χ0) is 33.1. The highest BCUT2D eigenvalue weighted by Crippen LogP contribution is 2.38. The molecular weight excluding hydrogens is 598 g/mol. The molecule has 244 valence electrons. The van der Waals surface area contributed by atoms with Crippen LogP contribution in [0.3, 0.4) is 0 Å². The van der Waals surface area contributed by atoms with Crippen LogP contribution in [0.1, 0.15) is 46.1 Å². The van der Waals surface area contributed by atoms with Crippen LogP contribution in [0.15, 0.2) is 83.7 Å². The molecule has 0 saturated carbocycles. The molecular formula is C36H45N3O6Si. The van der Waals surface area contributed by atoms with E-state index in [0.29, 0.717) is 23.6 Å². The predicted molar refractivity (Wildman–Crippen MR) is 183 cm³/mol. The summed E-state index contributed by atoms with van der Waals surface area (Å²) in [4.78, 5) is 40.4. The van der Waals surface area contributed by atoms with Gasteiger partial charge < -0.3 is 18.8 Å². The van der Waals surface area contributed by atoms with Crippen molar-refractivity contribution in [3.63, 3.8) is 0 Å². The fraction of sp³-hybridized carbons (Fsp3) is 0.417. The number of nitrogens with zero attached hydrogens (tertiary/aromatic N) is 3. The smallest absolute Gasteiger partial charge is 0.329 e. The van der Waals surface area contributed by atoms with Crippen molar-refractivity contribution in [2.75, 3.05) is 38.8 Å². The molecule has 1 aliphatic rings. The maximum absolute atomic E-state index is 13.4. The number of benzene rings is 3. The second-order valence-corrected chi connectivity index (χ2v) is 17.4. The lowest BCUT2D eigenvalue weighted by Crippen LogP contribution is -2.67. The van der Waals surface area contributed by atoms with Crippen LogP contribution >= 0.6 is 0 Å². The van der Waals surface area contributed by atoms with Gasteiger partial charge in [0.2, 0.25) is 0 Å². The fourth-order valence-electron chi connectivity index (χ4n) is 6.90. The Morgan fingerprint density at radius 2 is 1.54 bits per heavy atom. The van der Waals surface area contributed by atoms with E-state index in [1.54, 1.807) is 11.6 Å². The highest BCUT2D eigenvalue weighted by atomic mass is 28.4. The van der Waals surface area contributed by atoms with Gasteiger partial charge in [-0.1, -0.05) is 81.4 Å². The third-order valence-corrected chi connectivity index (χ3v) is 14.3. The van der Waals surface area contributed by atoms with Crippen LogP contribution < -0.4 is 21.0 Å². The topological polar surface area (TPSA) is 92.0 Å². The Kier molecular flexibility index (Phi) is 9.88. The quantitative estimate of drug-likeness (QED) is 0.177. The summed E-state index contributed by atoms with van der Waals surface area (Å²) in [5, 5.41) is 2.46. The Morgan fingerprint density at radius 1 is 0.913 bits per heavy atom. The summed E-state index contributed by atoms with van der Waals surface area (Å²) in [6.45, 7) is 9.26. The SMILES string of the molecule is COC(=O)CCC(C(=O)OC)n1c(=O)n(C)c2cc(N3CC[C@@H](CO[Si](c4ccccc4)(c4ccccc4)C(C)(C)C)C3)ccc21. The lowest BCUT2D eigenvalue weighted by molar-refractivity contribution is -0.146. The number of methoxy groups -OCH3 is 2. The Labute approximate surface area is 271 Å². The molecule has 10 heteroatoms. The highest BCUT2D eigenvalue weighted by molar-refractivity contribution is 6.99. The number of ether oxygens (including phenoxy) is 2. The van der Waals surface area contributed by atoms with Gasteiger partial charge in [0.1, 0.15) is 6.04 Å². The normalized spacial score (nSPS) is 16.0. The number of aromatic nitrogens is 2. The van der Waals surface area contributed by atoms with Crippen LogP contribution in [0.25, 0.3) is 11.0 Å². The molecule has 2 heterocycles. The average Bonchev–Trinajstić information content (AvgIpc) is 3.64. The van der Waals surface area contributed by atoms with Gasteiger partial charge in [-0.05, 0) is 46.5 Å². The maximum atomic E-state index is 13.4. The van der Waals surface area contributed by atoms with Crippen molar-refractivity contribution in [2.24, 2.45) is 13.0 Å². The van der Waals surface area contributed by atoms with E-state index in [1.807, 2.05) is 18.2 Å². The van der Waals surface area contributed by atoms with E-state index in [-0.39, 0.29) is 23.6 Å². The number of hydrogen-bond acceptors (Lipinski definition) is 7. The average molecular weight is 644 g/mol. The third kappa shape index (κ3) is 6.28. The molecule has 9 nitrogen and oxygen atoms in total. The van der Waals surface area contributed by atoms with Gasteiger partial charge in [-0.2, -0.15) is 0 Å². The number of imidazole rings is 1. The Bertz CT molecular complexity index is 1690. The summed E-state index contributed by atoms with van der Waals surface area (Å²) in [6, 6.07) is 26.4. The molecule has 1 unspecified atom stereocenters. The van der Waals surface area contributed by atoms with Crippen molar-refractivity contribution >= 4 is 47.4 Å². The minimum atomic E-state index is -2.63. The molecule has 3 aromatic carbocycles. The molecule has 4 aromatic rings. The van der Waals surface area contributed by atoms with E-state index in [9.17, 15) is 14.4 Å². The summed E-state index contributed by atoms with van der Waals surface area (Å²) in [7, 11) is 1.65. The summed E-state index contributed by atoms with van der Waals surface area (Å²) in [5.41, 5.74) is 1.99. The van der Waals surface area contributed by atoms with E-state index in [0.717, 1.165) is 25.2 Å². The Balaban J connectivity index is 1.39. The van der Waals surface area contributed by atoms with Crippen molar-refractivity contribution in [1.29, 1.82) is 0 Å². The molecule has 1 aromatic heterocycles. The molecule has 1 saturated heterocycles. The zero-order valence-corrected chi connectivity index (χ0v) is 28.7. The standard InChI is InChI=1S/C36H45N3O6Si/c1-36(2,3)46(28-13-9-7-10-14-28,29-15-11-8-12-16-29)45-25-26-21-22-38(24-26)27-17-18-30-32(23-27)37(4)35(42)39(30)31(34(41)44-6)19-20-33(40)43-5/h7-18,23,26,31H,19-22,24-25H2,1-6H3/t26-,31?/m1/s1. The van der Waals surface area contributed by atoms with E-state index >= 15 is 0 Å². The van der Waals surface area contributed by atoms with Gasteiger partial charge >= 0.3 is 17.6 Å². The lowest BCUT2D eigenvalue weighted by Gasteiger charge is -2.43. The first-order valence-corrected chi connectivity index (χ1v) is 17.8. The first-order valence-electron chi connectivity index (χ1n) is 15.9. The molecule has 0 radical (unpaired) electrons. The number of hydrogen-bond donors (Lipinski definition) is 0. The van der Waals surface area contributed by atoms with Gasteiger partial charge in [0.15, 0.2) is 0 Å². The largest absolute Gasteiger partial charge is 0.469 e. The van der Waals surface area contributed by atoms with Crippen molar-refractivity contribution in [3.8, 4) is 0 Å². The van der Waals surface area contributed by atoms with E-state index in [4.69, 9.17) is 13.9 Å². The predicted octanol–water partition coefficient (Wildman–Crippen LogP) is 4.41. The first-order chi connectivity index (χ1) is 22.0. The number of anilines is 1. The number of esters is 2. The number of fused-ring (bicyclic) bond motifs is 1. The van der Waals surface area contributed by atoms with Crippen molar-refractivity contribution < 1.29 is 23.5 Å². The molecule has 2 atom stereocenters. The first kappa shape index (κ1) is 33.2. The van der Waals surface area contributed by atoms with Gasteiger partial charge in [0.05, 0.1) is 25.3 Å². The van der Waals surface area contributed by atoms with Gasteiger partial charge in [0.25, 0.3) is 8.32 Å².